The molecule has 2 aromatic carbocycles. The highest BCUT2D eigenvalue weighted by Crippen LogP contribution is 2.36. The largest absolute Gasteiger partial charge is 0.493 e. The van der Waals surface area contributed by atoms with E-state index in [0.29, 0.717) is 42.8 Å². The Balaban J connectivity index is 1.50. The number of carbonyl (C=O) groups is 1. The highest BCUT2D eigenvalue weighted by molar-refractivity contribution is 5.95. The first-order valence-electron chi connectivity index (χ1n) is 12.0. The third-order valence-electron chi connectivity index (χ3n) is 6.74. The Bertz CT molecular complexity index is 1220. The molecule has 0 radical (unpaired) electrons. The number of fused-ring (bicyclic) bond motifs is 1. The third-order valence-corrected chi connectivity index (χ3v) is 6.74. The molecule has 0 bridgehead atoms. The molecule has 35 heavy (non-hydrogen) atoms. The molecule has 0 saturated carbocycles. The Morgan fingerprint density at radius 3 is 2.37 bits per heavy atom. The van der Waals surface area contributed by atoms with E-state index < -0.39 is 0 Å². The molecule has 3 aromatic rings. The average Bonchev–Trinajstić information content (AvgIpc) is 2.89. The molecule has 0 atom stereocenters. The maximum absolute atomic E-state index is 13.4. The number of likely N-dealkylation sites (N-methyl/N-ethyl adjacent to an activating group) is 1. The number of piperazine rings is 1. The normalized spacial score (nSPS) is 16.1. The van der Waals surface area contributed by atoms with Crippen LogP contribution in [0.1, 0.15) is 27.2 Å². The van der Waals surface area contributed by atoms with Gasteiger partial charge in [-0.3, -0.25) is 4.79 Å². The second kappa shape index (κ2) is 9.92. The van der Waals surface area contributed by atoms with Crippen LogP contribution >= 0.6 is 0 Å². The van der Waals surface area contributed by atoms with Crippen molar-refractivity contribution in [2.75, 3.05) is 51.8 Å². The fraction of sp³-hybridized carbons (Fsp3) is 0.370. The number of methoxy groups -OCH3 is 1. The number of aryl methyl sites for hydroxylation is 1. The van der Waals surface area contributed by atoms with Crippen LogP contribution in [0.3, 0.4) is 0 Å². The van der Waals surface area contributed by atoms with Crippen molar-refractivity contribution in [2.24, 2.45) is 0 Å². The number of amides is 1. The maximum atomic E-state index is 13.4. The highest BCUT2D eigenvalue weighted by atomic mass is 16.5. The van der Waals surface area contributed by atoms with Gasteiger partial charge in [-0.1, -0.05) is 30.3 Å². The zero-order chi connectivity index (χ0) is 24.4. The average molecular weight is 474 g/mol. The Kier molecular flexibility index (Phi) is 6.55. The number of ether oxygens (including phenoxy) is 2. The smallest absolute Gasteiger partial charge is 0.254 e. The molecule has 8 nitrogen and oxygen atoms in total. The van der Waals surface area contributed by atoms with Crippen molar-refractivity contribution in [3.63, 3.8) is 0 Å². The molecule has 182 valence electrons. The van der Waals surface area contributed by atoms with Gasteiger partial charge in [-0.05, 0) is 37.7 Å². The second-order valence-corrected chi connectivity index (χ2v) is 9.09. The van der Waals surface area contributed by atoms with Crippen LogP contribution in [-0.4, -0.2) is 72.6 Å². The third kappa shape index (κ3) is 4.79. The summed E-state index contributed by atoms with van der Waals surface area (Å²) in [6.45, 7) is 6.61. The summed E-state index contributed by atoms with van der Waals surface area (Å²) in [5.74, 6) is 2.39. The Morgan fingerprint density at radius 2 is 1.63 bits per heavy atom. The number of carbonyl (C=O) groups excluding carboxylic acids is 1. The van der Waals surface area contributed by atoms with Crippen molar-refractivity contribution in [1.82, 2.24) is 19.8 Å². The van der Waals surface area contributed by atoms with Crippen molar-refractivity contribution in [1.29, 1.82) is 0 Å². The minimum Gasteiger partial charge on any atom is -0.493 e. The molecule has 2 aliphatic heterocycles. The summed E-state index contributed by atoms with van der Waals surface area (Å²) < 4.78 is 11.9. The lowest BCUT2D eigenvalue weighted by Crippen LogP contribution is -2.45. The molecule has 1 saturated heterocycles. The predicted octanol–water partition coefficient (Wildman–Crippen LogP) is 3.54. The van der Waals surface area contributed by atoms with Crippen LogP contribution in [-0.2, 0) is 13.0 Å². The molecule has 8 heteroatoms. The second-order valence-electron chi connectivity index (χ2n) is 9.09. The predicted molar refractivity (Wildman–Crippen MR) is 134 cm³/mol. The van der Waals surface area contributed by atoms with Crippen molar-refractivity contribution < 1.29 is 14.3 Å². The molecular weight excluding hydrogens is 442 g/mol. The van der Waals surface area contributed by atoms with E-state index in [2.05, 4.69) is 16.8 Å². The lowest BCUT2D eigenvalue weighted by Gasteiger charge is -2.34. The van der Waals surface area contributed by atoms with Crippen molar-refractivity contribution in [2.45, 2.75) is 19.9 Å². The Morgan fingerprint density at radius 1 is 0.914 bits per heavy atom. The van der Waals surface area contributed by atoms with Crippen LogP contribution < -0.4 is 14.4 Å². The number of rotatable bonds is 5. The summed E-state index contributed by atoms with van der Waals surface area (Å²) in [4.78, 5) is 29.5. The first-order chi connectivity index (χ1) is 17.0. The first kappa shape index (κ1) is 23.1. The molecule has 5 rings (SSSR count). The number of para-hydroxylation sites is 2. The van der Waals surface area contributed by atoms with Crippen molar-refractivity contribution in [3.8, 4) is 17.4 Å². The molecule has 2 aliphatic rings. The zero-order valence-electron chi connectivity index (χ0n) is 20.5. The van der Waals surface area contributed by atoms with Gasteiger partial charge in [0, 0.05) is 44.7 Å². The van der Waals surface area contributed by atoms with E-state index >= 15 is 0 Å². The summed E-state index contributed by atoms with van der Waals surface area (Å²) in [5.41, 5.74) is 3.48. The van der Waals surface area contributed by atoms with E-state index in [-0.39, 0.29) is 5.91 Å². The molecule has 0 spiro atoms. The summed E-state index contributed by atoms with van der Waals surface area (Å²) in [7, 11) is 3.75. The van der Waals surface area contributed by atoms with E-state index in [0.717, 1.165) is 48.6 Å². The van der Waals surface area contributed by atoms with Gasteiger partial charge in [0.2, 0.25) is 11.8 Å². The fourth-order valence-corrected chi connectivity index (χ4v) is 4.57. The van der Waals surface area contributed by atoms with Gasteiger partial charge >= 0.3 is 0 Å². The van der Waals surface area contributed by atoms with Crippen LogP contribution in [0.2, 0.25) is 0 Å². The molecule has 1 fully saturated rings. The van der Waals surface area contributed by atoms with Crippen LogP contribution in [0.4, 0.5) is 5.95 Å². The minimum absolute atomic E-state index is 0.0140. The quantitative estimate of drug-likeness (QED) is 0.561. The summed E-state index contributed by atoms with van der Waals surface area (Å²) in [5, 5.41) is 0. The highest BCUT2D eigenvalue weighted by Gasteiger charge is 2.29. The topological polar surface area (TPSA) is 71.0 Å². The van der Waals surface area contributed by atoms with E-state index in [1.807, 2.05) is 60.4 Å². The molecule has 0 N–H and O–H groups in total. The monoisotopic (exact) mass is 473 g/mol. The first-order valence-corrected chi connectivity index (χ1v) is 12.0. The van der Waals surface area contributed by atoms with E-state index in [4.69, 9.17) is 19.4 Å². The zero-order valence-corrected chi connectivity index (χ0v) is 20.5. The van der Waals surface area contributed by atoms with Crippen LogP contribution in [0.25, 0.3) is 0 Å². The minimum atomic E-state index is 0.0140. The number of nitrogens with zero attached hydrogens (tertiary/aromatic N) is 5. The van der Waals surface area contributed by atoms with Crippen LogP contribution in [0, 0.1) is 6.92 Å². The lowest BCUT2D eigenvalue weighted by molar-refractivity contribution is 0.0731. The lowest BCUT2D eigenvalue weighted by atomic mass is 10.0. The number of hydrogen-bond acceptors (Lipinski definition) is 7. The Labute approximate surface area is 206 Å². The van der Waals surface area contributed by atoms with Gasteiger partial charge in [0.05, 0.1) is 24.9 Å². The Hall–Kier alpha value is -3.65. The standard InChI is InChI=1S/C27H31N5O3/c1-19-8-4-5-9-20(19)26(33)32-13-12-22-21(18-32)25(35-24-11-7-6-10-23(24)34-3)29-27(28-22)31-16-14-30(2)15-17-31/h4-11H,12-18H2,1-3H3. The van der Waals surface area contributed by atoms with Crippen molar-refractivity contribution in [3.05, 3.63) is 70.9 Å². The molecule has 3 heterocycles. The van der Waals surface area contributed by atoms with Gasteiger partial charge in [0.1, 0.15) is 0 Å². The summed E-state index contributed by atoms with van der Waals surface area (Å²) in [6.07, 6.45) is 0.651. The van der Waals surface area contributed by atoms with E-state index in [1.54, 1.807) is 7.11 Å². The fourth-order valence-electron chi connectivity index (χ4n) is 4.57. The summed E-state index contributed by atoms with van der Waals surface area (Å²) in [6, 6.07) is 15.2. The van der Waals surface area contributed by atoms with Gasteiger partial charge in [0.25, 0.3) is 5.91 Å². The molecule has 1 aromatic heterocycles. The van der Waals surface area contributed by atoms with Gasteiger partial charge in [-0.25, -0.2) is 4.98 Å². The van der Waals surface area contributed by atoms with E-state index in [9.17, 15) is 4.79 Å². The molecule has 0 aliphatic carbocycles. The summed E-state index contributed by atoms with van der Waals surface area (Å²) >= 11 is 0. The van der Waals surface area contributed by atoms with Gasteiger partial charge in [0.15, 0.2) is 11.5 Å². The SMILES string of the molecule is COc1ccccc1Oc1nc(N2CCN(C)CC2)nc2c1CN(C(=O)c1ccccc1C)CC2. The van der Waals surface area contributed by atoms with Gasteiger partial charge in [-0.15, -0.1) is 0 Å². The molecule has 1 amide bonds. The van der Waals surface area contributed by atoms with Crippen molar-refractivity contribution >= 4 is 11.9 Å². The molecular formula is C27H31N5O3. The maximum Gasteiger partial charge on any atom is 0.254 e. The van der Waals surface area contributed by atoms with Crippen LogP contribution in [0.5, 0.6) is 17.4 Å². The molecule has 0 unspecified atom stereocenters. The van der Waals surface area contributed by atoms with Gasteiger partial charge < -0.3 is 24.2 Å². The van der Waals surface area contributed by atoms with Crippen LogP contribution in [0.15, 0.2) is 48.5 Å². The van der Waals surface area contributed by atoms with Gasteiger partial charge in [-0.2, -0.15) is 4.98 Å². The number of aromatic nitrogens is 2. The van der Waals surface area contributed by atoms with E-state index in [1.165, 1.54) is 0 Å². The number of anilines is 1. The number of benzene rings is 2. The number of hydrogen-bond donors (Lipinski definition) is 0.